The summed E-state index contributed by atoms with van der Waals surface area (Å²) < 4.78 is 0. The van der Waals surface area contributed by atoms with E-state index in [-0.39, 0.29) is 23.3 Å². The van der Waals surface area contributed by atoms with E-state index in [4.69, 9.17) is 0 Å². The normalized spacial score (nSPS) is 18.9. The number of amides is 2. The highest BCUT2D eigenvalue weighted by Crippen LogP contribution is 2.30. The van der Waals surface area contributed by atoms with Crippen molar-refractivity contribution < 1.29 is 19.5 Å². The molecule has 0 aromatic heterocycles. The quantitative estimate of drug-likeness (QED) is 0.614. The molecule has 0 bridgehead atoms. The van der Waals surface area contributed by atoms with Gasteiger partial charge in [0.05, 0.1) is 6.04 Å². The lowest BCUT2D eigenvalue weighted by atomic mass is 9.84. The summed E-state index contributed by atoms with van der Waals surface area (Å²) in [5.41, 5.74) is 1.77. The highest BCUT2D eigenvalue weighted by molar-refractivity contribution is 5.91. The maximum Gasteiger partial charge on any atom is 0.331 e. The van der Waals surface area contributed by atoms with Gasteiger partial charge in [-0.1, -0.05) is 65.0 Å². The summed E-state index contributed by atoms with van der Waals surface area (Å²) in [6.07, 6.45) is 2.49. The van der Waals surface area contributed by atoms with Crippen LogP contribution in [0.2, 0.25) is 0 Å². The van der Waals surface area contributed by atoms with Crippen LogP contribution in [0.15, 0.2) is 35.9 Å². The molecule has 2 N–H and O–H groups in total. The van der Waals surface area contributed by atoms with Crippen LogP contribution in [-0.2, 0) is 20.8 Å². The molecule has 182 valence electrons. The molecule has 0 spiro atoms. The number of nitrogens with zero attached hydrogens (tertiary/aromatic N) is 2. The van der Waals surface area contributed by atoms with Crippen LogP contribution in [0.3, 0.4) is 0 Å². The number of aliphatic carboxylic acids is 1. The molecule has 1 unspecified atom stereocenters. The van der Waals surface area contributed by atoms with Crippen LogP contribution in [0, 0.1) is 11.3 Å². The number of hydrogen-bond acceptors (Lipinski definition) is 4. The first kappa shape index (κ1) is 26.6. The molecule has 0 fully saturated rings. The van der Waals surface area contributed by atoms with Crippen LogP contribution in [0.25, 0.3) is 0 Å². The fourth-order valence-corrected chi connectivity index (χ4v) is 4.33. The Labute approximate surface area is 197 Å². The van der Waals surface area contributed by atoms with Gasteiger partial charge in [-0.05, 0) is 42.9 Å². The third-order valence-corrected chi connectivity index (χ3v) is 6.41. The van der Waals surface area contributed by atoms with Gasteiger partial charge >= 0.3 is 5.97 Å². The largest absolute Gasteiger partial charge is 0.478 e. The van der Waals surface area contributed by atoms with E-state index in [1.54, 1.807) is 18.0 Å². The SMILES string of the molecule is CC(=C[C@H](C(C)C)N(C)C(=O)[C@@H](NC(=O)C1c2ccccc2CCN1C)C(C)(C)C)C(=O)O. The summed E-state index contributed by atoms with van der Waals surface area (Å²) in [6.45, 7) is 11.9. The minimum Gasteiger partial charge on any atom is -0.478 e. The Kier molecular flexibility index (Phi) is 8.46. The molecule has 0 saturated heterocycles. The number of carbonyl (C=O) groups excluding carboxylic acids is 2. The summed E-state index contributed by atoms with van der Waals surface area (Å²) in [7, 11) is 3.60. The zero-order valence-corrected chi connectivity index (χ0v) is 21.2. The predicted molar refractivity (Wildman–Crippen MR) is 130 cm³/mol. The van der Waals surface area contributed by atoms with Crippen molar-refractivity contribution >= 4 is 17.8 Å². The van der Waals surface area contributed by atoms with Crippen molar-refractivity contribution in [3.63, 3.8) is 0 Å². The van der Waals surface area contributed by atoms with Crippen molar-refractivity contribution in [1.29, 1.82) is 0 Å². The van der Waals surface area contributed by atoms with E-state index in [2.05, 4.69) is 5.32 Å². The van der Waals surface area contributed by atoms with Crippen LogP contribution >= 0.6 is 0 Å². The second-order valence-electron chi connectivity index (χ2n) is 10.5. The Morgan fingerprint density at radius 3 is 2.36 bits per heavy atom. The van der Waals surface area contributed by atoms with Crippen LogP contribution in [0.1, 0.15) is 58.7 Å². The van der Waals surface area contributed by atoms with Crippen molar-refractivity contribution in [2.45, 2.75) is 66.1 Å². The summed E-state index contributed by atoms with van der Waals surface area (Å²) in [5, 5.41) is 12.3. The third-order valence-electron chi connectivity index (χ3n) is 6.41. The minimum atomic E-state index is -1.01. The van der Waals surface area contributed by atoms with E-state index in [1.165, 1.54) is 6.92 Å². The molecule has 1 heterocycles. The number of carboxylic acid groups (broad SMARTS) is 1. The number of likely N-dealkylation sites (N-methyl/N-ethyl adjacent to an activating group) is 2. The number of benzene rings is 1. The van der Waals surface area contributed by atoms with Crippen molar-refractivity contribution in [2.75, 3.05) is 20.6 Å². The molecule has 1 aromatic carbocycles. The number of carbonyl (C=O) groups is 3. The molecule has 0 aliphatic carbocycles. The Hall–Kier alpha value is -2.67. The summed E-state index contributed by atoms with van der Waals surface area (Å²) in [6, 6.07) is 6.30. The van der Waals surface area contributed by atoms with E-state index in [9.17, 15) is 19.5 Å². The van der Waals surface area contributed by atoms with Gasteiger partial charge in [-0.2, -0.15) is 0 Å². The second-order valence-corrected chi connectivity index (χ2v) is 10.5. The first-order valence-electron chi connectivity index (χ1n) is 11.5. The maximum atomic E-state index is 13.7. The average molecular weight is 458 g/mol. The van der Waals surface area contributed by atoms with Gasteiger partial charge in [0, 0.05) is 19.2 Å². The molecule has 2 rings (SSSR count). The van der Waals surface area contributed by atoms with Crippen LogP contribution in [-0.4, -0.2) is 65.4 Å². The van der Waals surface area contributed by atoms with Crippen molar-refractivity contribution in [3.8, 4) is 0 Å². The van der Waals surface area contributed by atoms with E-state index < -0.39 is 29.5 Å². The van der Waals surface area contributed by atoms with Gasteiger partial charge in [-0.15, -0.1) is 0 Å². The highest BCUT2D eigenvalue weighted by Gasteiger charge is 2.40. The molecule has 0 saturated carbocycles. The Morgan fingerprint density at radius 1 is 1.21 bits per heavy atom. The number of fused-ring (bicyclic) bond motifs is 1. The monoisotopic (exact) mass is 457 g/mol. The van der Waals surface area contributed by atoms with Gasteiger partial charge in [-0.25, -0.2) is 4.79 Å². The molecule has 1 aliphatic heterocycles. The Bertz CT molecular complexity index is 916. The number of nitrogens with one attached hydrogen (secondary N) is 1. The predicted octanol–water partition coefficient (Wildman–Crippen LogP) is 3.26. The molecular formula is C26H39N3O4. The van der Waals surface area contributed by atoms with Gasteiger partial charge < -0.3 is 15.3 Å². The number of rotatable bonds is 7. The first-order chi connectivity index (χ1) is 15.3. The minimum absolute atomic E-state index is 0.000856. The highest BCUT2D eigenvalue weighted by atomic mass is 16.4. The molecule has 0 radical (unpaired) electrons. The zero-order chi connectivity index (χ0) is 25.1. The number of carboxylic acids is 1. The topological polar surface area (TPSA) is 90.0 Å². The van der Waals surface area contributed by atoms with Crippen LogP contribution in [0.5, 0.6) is 0 Å². The van der Waals surface area contributed by atoms with Crippen molar-refractivity contribution in [3.05, 3.63) is 47.0 Å². The summed E-state index contributed by atoms with van der Waals surface area (Å²) in [5.74, 6) is -1.46. The van der Waals surface area contributed by atoms with Crippen molar-refractivity contribution in [1.82, 2.24) is 15.1 Å². The molecule has 7 nitrogen and oxygen atoms in total. The van der Waals surface area contributed by atoms with E-state index >= 15 is 0 Å². The van der Waals surface area contributed by atoms with Crippen LogP contribution in [0.4, 0.5) is 0 Å². The van der Waals surface area contributed by atoms with Gasteiger partial charge in [-0.3, -0.25) is 14.5 Å². The molecule has 1 aliphatic rings. The smallest absolute Gasteiger partial charge is 0.331 e. The molecule has 2 amide bonds. The van der Waals surface area contributed by atoms with Gasteiger partial charge in [0.2, 0.25) is 11.8 Å². The lowest BCUT2D eigenvalue weighted by molar-refractivity contribution is -0.141. The number of hydrogen-bond donors (Lipinski definition) is 2. The maximum absolute atomic E-state index is 13.7. The van der Waals surface area contributed by atoms with E-state index in [0.29, 0.717) is 0 Å². The second kappa shape index (κ2) is 10.5. The van der Waals surface area contributed by atoms with E-state index in [1.807, 2.05) is 70.8 Å². The molecule has 1 aromatic rings. The average Bonchev–Trinajstić information content (AvgIpc) is 2.73. The molecular weight excluding hydrogens is 418 g/mol. The fourth-order valence-electron chi connectivity index (χ4n) is 4.33. The Balaban J connectivity index is 2.35. The lowest BCUT2D eigenvalue weighted by Crippen LogP contribution is -2.58. The van der Waals surface area contributed by atoms with E-state index in [0.717, 1.165) is 24.1 Å². The van der Waals surface area contributed by atoms with Crippen LogP contribution < -0.4 is 5.32 Å². The third kappa shape index (κ3) is 6.22. The van der Waals surface area contributed by atoms with Gasteiger partial charge in [0.15, 0.2) is 0 Å². The van der Waals surface area contributed by atoms with Crippen molar-refractivity contribution in [2.24, 2.45) is 11.3 Å². The molecule has 33 heavy (non-hydrogen) atoms. The molecule has 7 heteroatoms. The van der Waals surface area contributed by atoms with Gasteiger partial charge in [0.1, 0.15) is 12.1 Å². The first-order valence-corrected chi connectivity index (χ1v) is 11.5. The van der Waals surface area contributed by atoms with Gasteiger partial charge in [0.25, 0.3) is 0 Å². The Morgan fingerprint density at radius 2 is 1.82 bits per heavy atom. The zero-order valence-electron chi connectivity index (χ0n) is 21.2. The fraction of sp³-hybridized carbons (Fsp3) is 0.577. The lowest BCUT2D eigenvalue weighted by Gasteiger charge is -2.39. The summed E-state index contributed by atoms with van der Waals surface area (Å²) in [4.78, 5) is 42.1. The standard InChI is InChI=1S/C26H39N3O4/c1-16(2)20(15-17(3)25(32)33)29(8)24(31)22(26(4,5)6)27-23(30)21-19-12-10-9-11-18(19)13-14-28(21)7/h9-12,15-16,20-22H,13-14H2,1-8H3,(H,27,30)(H,32,33)/t20-,21?,22-/m1/s1. The molecule has 3 atom stereocenters. The summed E-state index contributed by atoms with van der Waals surface area (Å²) >= 11 is 0.